The Morgan fingerprint density at radius 2 is 2.19 bits per heavy atom. The zero-order valence-corrected chi connectivity index (χ0v) is 13.2. The van der Waals surface area contributed by atoms with E-state index < -0.39 is 0 Å². The number of nitrogens with zero attached hydrogens (tertiary/aromatic N) is 2. The topological polar surface area (TPSA) is 47.3 Å². The molecule has 0 radical (unpaired) electrons. The van der Waals surface area contributed by atoms with Gasteiger partial charge in [0, 0.05) is 12.8 Å². The maximum atomic E-state index is 8.82. The summed E-state index contributed by atoms with van der Waals surface area (Å²) < 4.78 is 7.16. The minimum absolute atomic E-state index is 0.156. The molecule has 0 aliphatic rings. The van der Waals surface area contributed by atoms with Gasteiger partial charge in [-0.15, -0.1) is 11.8 Å². The molecule has 0 saturated carbocycles. The van der Waals surface area contributed by atoms with Crippen LogP contribution in [0.5, 0.6) is 5.75 Å². The summed E-state index contributed by atoms with van der Waals surface area (Å²) in [5.74, 6) is 7.13. The van der Waals surface area contributed by atoms with Crippen LogP contribution in [0, 0.1) is 18.8 Å². The van der Waals surface area contributed by atoms with Crippen LogP contribution in [-0.2, 0) is 12.8 Å². The fourth-order valence-corrected chi connectivity index (χ4v) is 2.93. The van der Waals surface area contributed by atoms with Crippen molar-refractivity contribution >= 4 is 11.8 Å². The third kappa shape index (κ3) is 4.03. The van der Waals surface area contributed by atoms with Crippen LogP contribution in [0.25, 0.3) is 0 Å². The van der Waals surface area contributed by atoms with Gasteiger partial charge < -0.3 is 9.84 Å². The summed E-state index contributed by atoms with van der Waals surface area (Å²) in [5.41, 5.74) is 2.97. The second-order valence-electron chi connectivity index (χ2n) is 4.53. The zero-order chi connectivity index (χ0) is 15.2. The molecule has 1 aromatic carbocycles. The minimum atomic E-state index is -0.156. The average Bonchev–Trinajstić information content (AvgIpc) is 2.81. The van der Waals surface area contributed by atoms with Gasteiger partial charge in [-0.3, -0.25) is 4.68 Å². The molecule has 1 aromatic heterocycles. The van der Waals surface area contributed by atoms with Crippen molar-refractivity contribution in [1.82, 2.24) is 9.78 Å². The number of thioether (sulfide) groups is 1. The molecule has 2 aromatic rings. The van der Waals surface area contributed by atoms with E-state index in [1.807, 2.05) is 36.9 Å². The molecule has 0 atom stereocenters. The Labute approximate surface area is 129 Å². The lowest BCUT2D eigenvalue weighted by Gasteiger charge is -2.07. The number of aliphatic hydroxyl groups is 1. The van der Waals surface area contributed by atoms with Crippen molar-refractivity contribution in [1.29, 1.82) is 0 Å². The number of aliphatic hydroxyl groups excluding tert-OH is 1. The normalized spacial score (nSPS) is 10.1. The predicted octanol–water partition coefficient (Wildman–Crippen LogP) is 2.37. The van der Waals surface area contributed by atoms with Gasteiger partial charge in [0.15, 0.2) is 0 Å². The molecule has 0 spiro atoms. The van der Waals surface area contributed by atoms with Crippen LogP contribution in [-0.4, -0.2) is 28.6 Å². The van der Waals surface area contributed by atoms with E-state index in [9.17, 15) is 0 Å². The Balaban J connectivity index is 2.15. The van der Waals surface area contributed by atoms with Gasteiger partial charge >= 0.3 is 0 Å². The Morgan fingerprint density at radius 3 is 2.81 bits per heavy atom. The molecule has 5 heteroatoms. The highest BCUT2D eigenvalue weighted by Gasteiger charge is 2.06. The summed E-state index contributed by atoms with van der Waals surface area (Å²) in [4.78, 5) is 0. The van der Waals surface area contributed by atoms with Gasteiger partial charge in [0.25, 0.3) is 0 Å². The van der Waals surface area contributed by atoms with Crippen molar-refractivity contribution in [2.75, 3.05) is 13.7 Å². The van der Waals surface area contributed by atoms with Gasteiger partial charge in [-0.1, -0.05) is 17.9 Å². The van der Waals surface area contributed by atoms with Crippen molar-refractivity contribution in [2.24, 2.45) is 7.05 Å². The number of methoxy groups -OCH3 is 1. The fraction of sp³-hybridized carbons (Fsp3) is 0.312. The van der Waals surface area contributed by atoms with E-state index >= 15 is 0 Å². The maximum absolute atomic E-state index is 8.82. The predicted molar refractivity (Wildman–Crippen MR) is 84.5 cm³/mol. The average molecular weight is 302 g/mol. The SMILES string of the molecule is COc1ccc(CSc2cc(C)nn2C)cc1C#CCO. The molecule has 2 rings (SSSR count). The largest absolute Gasteiger partial charge is 0.495 e. The lowest BCUT2D eigenvalue weighted by atomic mass is 10.1. The van der Waals surface area contributed by atoms with Crippen LogP contribution in [0.4, 0.5) is 0 Å². The number of rotatable bonds is 4. The highest BCUT2D eigenvalue weighted by Crippen LogP contribution is 2.26. The van der Waals surface area contributed by atoms with Crippen molar-refractivity contribution in [3.63, 3.8) is 0 Å². The fourth-order valence-electron chi connectivity index (χ4n) is 1.96. The smallest absolute Gasteiger partial charge is 0.134 e. The number of aromatic nitrogens is 2. The van der Waals surface area contributed by atoms with Crippen molar-refractivity contribution in [2.45, 2.75) is 17.7 Å². The summed E-state index contributed by atoms with van der Waals surface area (Å²) in [5, 5.41) is 14.3. The van der Waals surface area contributed by atoms with E-state index in [0.29, 0.717) is 0 Å². The molecule has 110 valence electrons. The summed E-state index contributed by atoms with van der Waals surface area (Å²) in [6.45, 7) is 1.83. The Kier molecular flexibility index (Phi) is 5.32. The van der Waals surface area contributed by atoms with Crippen LogP contribution >= 0.6 is 11.8 Å². The molecule has 0 bridgehead atoms. The van der Waals surface area contributed by atoms with E-state index in [1.54, 1.807) is 18.9 Å². The van der Waals surface area contributed by atoms with E-state index in [-0.39, 0.29) is 6.61 Å². The van der Waals surface area contributed by atoms with Crippen LogP contribution in [0.15, 0.2) is 29.3 Å². The summed E-state index contributed by atoms with van der Waals surface area (Å²) in [6.07, 6.45) is 0. The lowest BCUT2D eigenvalue weighted by Crippen LogP contribution is -1.94. The summed E-state index contributed by atoms with van der Waals surface area (Å²) in [6, 6.07) is 8.00. The quantitative estimate of drug-likeness (QED) is 0.696. The van der Waals surface area contributed by atoms with Crippen LogP contribution < -0.4 is 4.74 Å². The number of hydrogen-bond donors (Lipinski definition) is 1. The first-order chi connectivity index (χ1) is 10.1. The van der Waals surface area contributed by atoms with Gasteiger partial charge in [-0.2, -0.15) is 5.10 Å². The third-order valence-electron chi connectivity index (χ3n) is 2.91. The standard InChI is InChI=1S/C16H18N2O2S/c1-12-9-16(18(2)17-12)21-11-13-6-7-15(20-3)14(10-13)5-4-8-19/h6-7,9-10,19H,8,11H2,1-3H3. The lowest BCUT2D eigenvalue weighted by molar-refractivity contribution is 0.350. The van der Waals surface area contributed by atoms with Crippen LogP contribution in [0.2, 0.25) is 0 Å². The first kappa shape index (κ1) is 15.5. The summed E-state index contributed by atoms with van der Waals surface area (Å²) >= 11 is 1.73. The molecule has 0 aliphatic heterocycles. The highest BCUT2D eigenvalue weighted by atomic mass is 32.2. The minimum Gasteiger partial charge on any atom is -0.495 e. The molecule has 0 amide bonds. The molecular formula is C16H18N2O2S. The van der Waals surface area contributed by atoms with Crippen molar-refractivity contribution in [3.8, 4) is 17.6 Å². The zero-order valence-electron chi connectivity index (χ0n) is 12.4. The molecule has 0 fully saturated rings. The number of ether oxygens (including phenoxy) is 1. The van der Waals surface area contributed by atoms with Crippen molar-refractivity contribution in [3.05, 3.63) is 41.1 Å². The molecule has 1 heterocycles. The molecular weight excluding hydrogens is 284 g/mol. The number of aryl methyl sites for hydroxylation is 2. The summed E-state index contributed by atoms with van der Waals surface area (Å²) in [7, 11) is 3.56. The van der Waals surface area contributed by atoms with Gasteiger partial charge in [0.2, 0.25) is 0 Å². The second-order valence-corrected chi connectivity index (χ2v) is 5.53. The van der Waals surface area contributed by atoms with E-state index in [4.69, 9.17) is 9.84 Å². The van der Waals surface area contributed by atoms with Gasteiger partial charge in [-0.25, -0.2) is 0 Å². The molecule has 1 N–H and O–H groups in total. The van der Waals surface area contributed by atoms with Crippen LogP contribution in [0.3, 0.4) is 0 Å². The number of benzene rings is 1. The monoisotopic (exact) mass is 302 g/mol. The Hall–Kier alpha value is -1.90. The Morgan fingerprint density at radius 1 is 1.38 bits per heavy atom. The van der Waals surface area contributed by atoms with E-state index in [2.05, 4.69) is 23.0 Å². The molecule has 0 unspecified atom stereocenters. The molecule has 4 nitrogen and oxygen atoms in total. The third-order valence-corrected chi connectivity index (χ3v) is 4.07. The molecule has 0 saturated heterocycles. The van der Waals surface area contributed by atoms with Gasteiger partial charge in [-0.05, 0) is 30.7 Å². The number of hydrogen-bond acceptors (Lipinski definition) is 4. The van der Waals surface area contributed by atoms with Crippen molar-refractivity contribution < 1.29 is 9.84 Å². The first-order valence-corrected chi connectivity index (χ1v) is 7.52. The maximum Gasteiger partial charge on any atom is 0.134 e. The van der Waals surface area contributed by atoms with E-state index in [0.717, 1.165) is 33.3 Å². The highest BCUT2D eigenvalue weighted by molar-refractivity contribution is 7.98. The van der Waals surface area contributed by atoms with E-state index in [1.165, 1.54) is 0 Å². The van der Waals surface area contributed by atoms with Gasteiger partial charge in [0.05, 0.1) is 23.4 Å². The van der Waals surface area contributed by atoms with Crippen LogP contribution in [0.1, 0.15) is 16.8 Å². The molecule has 0 aliphatic carbocycles. The molecule has 21 heavy (non-hydrogen) atoms. The Bertz CT molecular complexity index is 683. The first-order valence-electron chi connectivity index (χ1n) is 6.54. The second kappa shape index (κ2) is 7.21. The van der Waals surface area contributed by atoms with Gasteiger partial charge in [0.1, 0.15) is 12.4 Å².